The largest absolute Gasteiger partial charge is 0.315 e. The van der Waals surface area contributed by atoms with Crippen molar-refractivity contribution in [2.75, 3.05) is 5.32 Å². The van der Waals surface area contributed by atoms with Crippen LogP contribution in [0.3, 0.4) is 0 Å². The van der Waals surface area contributed by atoms with E-state index in [-0.39, 0.29) is 22.2 Å². The molecular formula is C11H6BrClN4O3. The minimum Gasteiger partial charge on any atom is -0.315 e. The number of carbonyl (C=O) groups excluding carboxylic acids is 1. The van der Waals surface area contributed by atoms with Crippen LogP contribution < -0.4 is 5.32 Å². The average molecular weight is 358 g/mol. The van der Waals surface area contributed by atoms with Crippen molar-refractivity contribution in [3.05, 3.63) is 56.0 Å². The summed E-state index contributed by atoms with van der Waals surface area (Å²) >= 11 is 8.75. The number of nitrogens with one attached hydrogen (secondary N) is 1. The van der Waals surface area contributed by atoms with Crippen molar-refractivity contribution >= 4 is 44.8 Å². The van der Waals surface area contributed by atoms with Crippen LogP contribution in [0.5, 0.6) is 0 Å². The number of aromatic nitrogens is 2. The summed E-state index contributed by atoms with van der Waals surface area (Å²) in [6.07, 6.45) is 2.49. The van der Waals surface area contributed by atoms with Gasteiger partial charge in [-0.15, -0.1) is 0 Å². The number of carbonyl (C=O) groups is 1. The zero-order valence-corrected chi connectivity index (χ0v) is 12.1. The molecule has 2 aromatic rings. The van der Waals surface area contributed by atoms with Gasteiger partial charge in [0.1, 0.15) is 16.5 Å². The molecule has 20 heavy (non-hydrogen) atoms. The van der Waals surface area contributed by atoms with E-state index >= 15 is 0 Å². The molecule has 0 radical (unpaired) electrons. The van der Waals surface area contributed by atoms with Gasteiger partial charge in [-0.25, -0.2) is 4.98 Å². The van der Waals surface area contributed by atoms with Gasteiger partial charge >= 0.3 is 0 Å². The smallest absolute Gasteiger partial charge is 0.293 e. The summed E-state index contributed by atoms with van der Waals surface area (Å²) < 4.78 is 0.532. The SMILES string of the molecule is O=C(Nc1ccc(Br)cc1[N+](=O)[O-])c1cncc(Cl)n1. The van der Waals surface area contributed by atoms with E-state index in [1.54, 1.807) is 6.07 Å². The molecule has 1 aromatic heterocycles. The zero-order chi connectivity index (χ0) is 14.7. The normalized spacial score (nSPS) is 10.1. The van der Waals surface area contributed by atoms with Crippen molar-refractivity contribution in [2.45, 2.75) is 0 Å². The molecule has 0 saturated heterocycles. The molecule has 102 valence electrons. The maximum absolute atomic E-state index is 11.9. The van der Waals surface area contributed by atoms with Gasteiger partial charge < -0.3 is 5.32 Å². The van der Waals surface area contributed by atoms with E-state index in [0.29, 0.717) is 4.47 Å². The summed E-state index contributed by atoms with van der Waals surface area (Å²) in [6, 6.07) is 4.28. The molecule has 1 amide bonds. The number of nitro benzene ring substituents is 1. The standard InChI is InChI=1S/C11H6BrClN4O3/c12-6-1-2-7(9(3-6)17(19)20)16-11(18)8-4-14-5-10(13)15-8/h1-5H,(H,16,18). The molecule has 0 saturated carbocycles. The quantitative estimate of drug-likeness (QED) is 0.672. The van der Waals surface area contributed by atoms with Gasteiger partial charge in [0.15, 0.2) is 0 Å². The van der Waals surface area contributed by atoms with Crippen LogP contribution in [-0.2, 0) is 0 Å². The summed E-state index contributed by atoms with van der Waals surface area (Å²) in [5.74, 6) is -0.634. The maximum atomic E-state index is 11.9. The van der Waals surface area contributed by atoms with Gasteiger partial charge in [0, 0.05) is 10.5 Å². The lowest BCUT2D eigenvalue weighted by Gasteiger charge is -2.05. The predicted molar refractivity (Wildman–Crippen MR) is 75.8 cm³/mol. The van der Waals surface area contributed by atoms with Gasteiger partial charge in [-0.1, -0.05) is 27.5 Å². The fourth-order valence-electron chi connectivity index (χ4n) is 1.40. The van der Waals surface area contributed by atoms with Crippen LogP contribution in [0.15, 0.2) is 35.1 Å². The molecule has 0 unspecified atom stereocenters. The number of hydrogen-bond acceptors (Lipinski definition) is 5. The summed E-state index contributed by atoms with van der Waals surface area (Å²) in [7, 11) is 0. The van der Waals surface area contributed by atoms with Gasteiger partial charge in [0.25, 0.3) is 11.6 Å². The Labute approximate surface area is 126 Å². The lowest BCUT2D eigenvalue weighted by atomic mass is 10.2. The van der Waals surface area contributed by atoms with Crippen molar-refractivity contribution < 1.29 is 9.72 Å². The molecule has 0 atom stereocenters. The zero-order valence-electron chi connectivity index (χ0n) is 9.71. The van der Waals surface area contributed by atoms with Gasteiger partial charge in [-0.3, -0.25) is 19.9 Å². The van der Waals surface area contributed by atoms with E-state index in [9.17, 15) is 14.9 Å². The summed E-state index contributed by atoms with van der Waals surface area (Å²) in [4.78, 5) is 29.8. The Balaban J connectivity index is 2.30. The number of nitrogens with zero attached hydrogens (tertiary/aromatic N) is 3. The molecule has 0 fully saturated rings. The van der Waals surface area contributed by atoms with E-state index in [0.717, 1.165) is 0 Å². The predicted octanol–water partition coefficient (Wildman–Crippen LogP) is 3.05. The number of anilines is 1. The minimum absolute atomic E-state index is 0.0327. The minimum atomic E-state index is -0.634. The second kappa shape index (κ2) is 5.93. The summed E-state index contributed by atoms with van der Waals surface area (Å²) in [5.41, 5.74) is -0.206. The van der Waals surface area contributed by atoms with Crippen LogP contribution in [-0.4, -0.2) is 20.8 Å². The second-order valence-electron chi connectivity index (χ2n) is 3.60. The molecule has 2 rings (SSSR count). The topological polar surface area (TPSA) is 98.0 Å². The molecule has 1 aromatic carbocycles. The third-order valence-corrected chi connectivity index (χ3v) is 2.92. The Morgan fingerprint density at radius 1 is 1.40 bits per heavy atom. The van der Waals surface area contributed by atoms with Crippen molar-refractivity contribution in [2.24, 2.45) is 0 Å². The fourth-order valence-corrected chi connectivity index (χ4v) is 1.90. The number of amides is 1. The van der Waals surface area contributed by atoms with Crippen molar-refractivity contribution in [3.63, 3.8) is 0 Å². The van der Waals surface area contributed by atoms with Crippen LogP contribution in [0.25, 0.3) is 0 Å². The van der Waals surface area contributed by atoms with E-state index in [1.807, 2.05) is 0 Å². The summed E-state index contributed by atoms with van der Waals surface area (Å²) in [5, 5.41) is 13.4. The lowest BCUT2D eigenvalue weighted by Crippen LogP contribution is -2.15. The Kier molecular flexibility index (Phi) is 4.26. The Morgan fingerprint density at radius 3 is 2.80 bits per heavy atom. The average Bonchev–Trinajstić information content (AvgIpc) is 2.40. The first kappa shape index (κ1) is 14.4. The molecule has 0 aliphatic carbocycles. The van der Waals surface area contributed by atoms with E-state index in [2.05, 4.69) is 31.2 Å². The monoisotopic (exact) mass is 356 g/mol. The Morgan fingerprint density at radius 2 is 2.15 bits per heavy atom. The summed E-state index contributed by atoms with van der Waals surface area (Å²) in [6.45, 7) is 0. The second-order valence-corrected chi connectivity index (χ2v) is 4.90. The molecule has 0 aliphatic rings. The number of benzene rings is 1. The third kappa shape index (κ3) is 3.28. The molecular weight excluding hydrogens is 352 g/mol. The highest BCUT2D eigenvalue weighted by Gasteiger charge is 2.18. The van der Waals surface area contributed by atoms with Crippen LogP contribution in [0.4, 0.5) is 11.4 Å². The van der Waals surface area contributed by atoms with Crippen LogP contribution in [0.2, 0.25) is 5.15 Å². The molecule has 1 N–H and O–H groups in total. The fraction of sp³-hybridized carbons (Fsp3) is 0. The highest BCUT2D eigenvalue weighted by Crippen LogP contribution is 2.28. The molecule has 9 heteroatoms. The van der Waals surface area contributed by atoms with Crippen LogP contribution >= 0.6 is 27.5 Å². The number of hydrogen-bond donors (Lipinski definition) is 1. The van der Waals surface area contributed by atoms with E-state index < -0.39 is 10.8 Å². The van der Waals surface area contributed by atoms with Gasteiger partial charge in [-0.05, 0) is 12.1 Å². The van der Waals surface area contributed by atoms with Gasteiger partial charge in [0.2, 0.25) is 0 Å². The first-order valence-corrected chi connectivity index (χ1v) is 6.37. The number of halogens is 2. The third-order valence-electron chi connectivity index (χ3n) is 2.24. The number of rotatable bonds is 3. The Hall–Kier alpha value is -2.06. The molecule has 7 nitrogen and oxygen atoms in total. The van der Waals surface area contributed by atoms with Crippen molar-refractivity contribution in [1.29, 1.82) is 0 Å². The molecule has 0 aliphatic heterocycles. The lowest BCUT2D eigenvalue weighted by molar-refractivity contribution is -0.384. The Bertz CT molecular complexity index is 695. The maximum Gasteiger partial charge on any atom is 0.293 e. The highest BCUT2D eigenvalue weighted by molar-refractivity contribution is 9.10. The molecule has 0 spiro atoms. The van der Waals surface area contributed by atoms with Crippen LogP contribution in [0, 0.1) is 10.1 Å². The number of nitro groups is 1. The van der Waals surface area contributed by atoms with E-state index in [1.165, 1.54) is 24.5 Å². The van der Waals surface area contributed by atoms with Gasteiger partial charge in [0.05, 0.1) is 17.3 Å². The molecule has 1 heterocycles. The van der Waals surface area contributed by atoms with Gasteiger partial charge in [-0.2, -0.15) is 0 Å². The first-order chi connectivity index (χ1) is 9.47. The first-order valence-electron chi connectivity index (χ1n) is 5.20. The van der Waals surface area contributed by atoms with Crippen LogP contribution in [0.1, 0.15) is 10.5 Å². The van der Waals surface area contributed by atoms with Crippen molar-refractivity contribution in [1.82, 2.24) is 9.97 Å². The highest BCUT2D eigenvalue weighted by atomic mass is 79.9. The van der Waals surface area contributed by atoms with E-state index in [4.69, 9.17) is 11.6 Å². The van der Waals surface area contributed by atoms with Crippen molar-refractivity contribution in [3.8, 4) is 0 Å². The molecule has 0 bridgehead atoms.